The first-order valence-corrected chi connectivity index (χ1v) is 2.71. The average molecular weight is 147 g/mol. The lowest BCUT2D eigenvalue weighted by Gasteiger charge is -1.87. The summed E-state index contributed by atoms with van der Waals surface area (Å²) in [7, 11) is 0. The Morgan fingerprint density at radius 1 is 1.67 bits per heavy atom. The van der Waals surface area contributed by atoms with Crippen LogP contribution in [0.2, 0.25) is 0 Å². The predicted molar refractivity (Wildman–Crippen MR) is 29.3 cm³/mol. The lowest BCUT2D eigenvalue weighted by molar-refractivity contribution is 1.08. The van der Waals surface area contributed by atoms with E-state index in [2.05, 4.69) is 21.2 Å². The van der Waals surface area contributed by atoms with Crippen molar-refractivity contribution in [2.45, 2.75) is 4.83 Å². The normalized spacial score (nSPS) is 30.5. The van der Waals surface area contributed by atoms with E-state index in [1.807, 2.05) is 18.8 Å². The van der Waals surface area contributed by atoms with Gasteiger partial charge in [0, 0.05) is 0 Å². The van der Waals surface area contributed by atoms with Crippen LogP contribution in [0.5, 0.6) is 0 Å². The van der Waals surface area contributed by atoms with Gasteiger partial charge in [-0.25, -0.2) is 0 Å². The maximum atomic E-state index is 3.33. The summed E-state index contributed by atoms with van der Waals surface area (Å²) in [5.74, 6) is 0. The molecule has 1 atom stereocenters. The van der Waals surface area contributed by atoms with Crippen molar-refractivity contribution < 1.29 is 0 Å². The summed E-state index contributed by atoms with van der Waals surface area (Å²) in [6.07, 6.45) is 3.93. The average Bonchev–Trinajstić information content (AvgIpc) is 1.86. The Morgan fingerprint density at radius 3 is 2.67 bits per heavy atom. The first-order chi connectivity index (χ1) is 2.89. The van der Waals surface area contributed by atoms with Crippen LogP contribution in [0, 0.1) is 6.54 Å². The molecule has 1 radical (unpaired) electrons. The van der Waals surface area contributed by atoms with E-state index in [0.717, 1.165) is 0 Å². The molecular weight excluding hydrogens is 142 g/mol. The second-order valence-corrected chi connectivity index (χ2v) is 2.19. The van der Waals surface area contributed by atoms with Gasteiger partial charge in [-0.3, -0.25) is 0 Å². The van der Waals surface area contributed by atoms with Gasteiger partial charge in [0.1, 0.15) is 0 Å². The van der Waals surface area contributed by atoms with E-state index in [-0.39, 0.29) is 0 Å². The van der Waals surface area contributed by atoms with E-state index < -0.39 is 0 Å². The summed E-state index contributed by atoms with van der Waals surface area (Å²) >= 11 is 3.33. The Morgan fingerprint density at radius 2 is 2.50 bits per heavy atom. The number of hydrogen-bond acceptors (Lipinski definition) is 1. The molecule has 6 heavy (non-hydrogen) atoms. The van der Waals surface area contributed by atoms with E-state index >= 15 is 0 Å². The van der Waals surface area contributed by atoms with Gasteiger partial charge in [0.2, 0.25) is 0 Å². The van der Waals surface area contributed by atoms with Crippen LogP contribution in [0.3, 0.4) is 0 Å². The molecule has 0 fully saturated rings. The highest BCUT2D eigenvalue weighted by molar-refractivity contribution is 9.09. The zero-order chi connectivity index (χ0) is 4.41. The first-order valence-electron chi connectivity index (χ1n) is 1.80. The minimum Gasteiger partial charge on any atom is -0.385 e. The molecule has 0 aromatic rings. The minimum atomic E-state index is 0.442. The second kappa shape index (κ2) is 1.65. The summed E-state index contributed by atoms with van der Waals surface area (Å²) in [4.78, 5) is 0.442. The predicted octanol–water partition coefficient (Wildman–Crippen LogP) is 1.03. The van der Waals surface area contributed by atoms with Gasteiger partial charge in [-0.1, -0.05) is 22.0 Å². The van der Waals surface area contributed by atoms with E-state index in [9.17, 15) is 0 Å². The minimum absolute atomic E-state index is 0.442. The van der Waals surface area contributed by atoms with Crippen LogP contribution in [0.25, 0.3) is 0 Å². The van der Waals surface area contributed by atoms with Crippen LogP contribution < -0.4 is 5.32 Å². The summed E-state index contributed by atoms with van der Waals surface area (Å²) in [6.45, 7) is 1.96. The molecule has 1 heterocycles. The lowest BCUT2D eigenvalue weighted by atomic mass is 10.5. The van der Waals surface area contributed by atoms with Crippen molar-refractivity contribution in [2.24, 2.45) is 0 Å². The standard InChI is InChI=1S/C4H5BrN/c5-4-1-2-6-3-4/h1-4,6H. The molecule has 1 aliphatic heterocycles. The van der Waals surface area contributed by atoms with E-state index in [1.165, 1.54) is 0 Å². The molecule has 0 aromatic heterocycles. The van der Waals surface area contributed by atoms with Gasteiger partial charge >= 0.3 is 0 Å². The second-order valence-electron chi connectivity index (χ2n) is 1.14. The quantitative estimate of drug-likeness (QED) is 0.504. The highest BCUT2D eigenvalue weighted by Crippen LogP contribution is 2.06. The SMILES string of the molecule is BrC1[CH]NC=C1. The maximum absolute atomic E-state index is 3.33. The van der Waals surface area contributed by atoms with E-state index in [4.69, 9.17) is 0 Å². The Balaban J connectivity index is 2.38. The van der Waals surface area contributed by atoms with Gasteiger partial charge in [0.25, 0.3) is 0 Å². The molecule has 0 bridgehead atoms. The van der Waals surface area contributed by atoms with Crippen LogP contribution in [-0.2, 0) is 0 Å². The molecule has 0 aromatic carbocycles. The van der Waals surface area contributed by atoms with Crippen LogP contribution in [0.1, 0.15) is 0 Å². The first kappa shape index (κ1) is 4.19. The van der Waals surface area contributed by atoms with Gasteiger partial charge in [-0.15, -0.1) is 0 Å². The van der Waals surface area contributed by atoms with Crippen LogP contribution in [-0.4, -0.2) is 4.83 Å². The molecule has 2 heteroatoms. The van der Waals surface area contributed by atoms with Crippen molar-refractivity contribution in [2.75, 3.05) is 0 Å². The number of halogens is 1. The number of rotatable bonds is 0. The van der Waals surface area contributed by atoms with Crippen molar-refractivity contribution >= 4 is 15.9 Å². The van der Waals surface area contributed by atoms with Gasteiger partial charge in [0.15, 0.2) is 0 Å². The molecule has 1 N–H and O–H groups in total. The van der Waals surface area contributed by atoms with Crippen LogP contribution >= 0.6 is 15.9 Å². The van der Waals surface area contributed by atoms with Gasteiger partial charge in [-0.05, 0) is 6.20 Å². The zero-order valence-corrected chi connectivity index (χ0v) is 4.77. The Hall–Kier alpha value is 0.0200. The number of alkyl halides is 1. The fourth-order valence-electron chi connectivity index (χ4n) is 0.351. The number of nitrogens with one attached hydrogen (secondary N) is 1. The fourth-order valence-corrected chi connectivity index (χ4v) is 0.656. The molecule has 0 saturated heterocycles. The van der Waals surface area contributed by atoms with Gasteiger partial charge < -0.3 is 5.32 Å². The lowest BCUT2D eigenvalue weighted by Crippen LogP contribution is -1.97. The Kier molecular flexibility index (Phi) is 1.15. The van der Waals surface area contributed by atoms with Crippen molar-refractivity contribution in [1.29, 1.82) is 0 Å². The highest BCUT2D eigenvalue weighted by atomic mass is 79.9. The molecule has 0 amide bonds. The Bertz CT molecular complexity index is 69.9. The Labute approximate surface area is 45.6 Å². The fraction of sp³-hybridized carbons (Fsp3) is 0.250. The molecule has 33 valence electrons. The molecule has 1 rings (SSSR count). The van der Waals surface area contributed by atoms with Crippen molar-refractivity contribution in [3.05, 3.63) is 18.8 Å². The third kappa shape index (κ3) is 0.744. The molecule has 0 saturated carbocycles. The summed E-state index contributed by atoms with van der Waals surface area (Å²) in [5.41, 5.74) is 0. The summed E-state index contributed by atoms with van der Waals surface area (Å²) < 4.78 is 0. The van der Waals surface area contributed by atoms with Gasteiger partial charge in [0.05, 0.1) is 11.4 Å². The van der Waals surface area contributed by atoms with Gasteiger partial charge in [-0.2, -0.15) is 0 Å². The third-order valence-corrected chi connectivity index (χ3v) is 1.20. The molecule has 1 unspecified atom stereocenters. The molecule has 0 aliphatic carbocycles. The monoisotopic (exact) mass is 146 g/mol. The summed E-state index contributed by atoms with van der Waals surface area (Å²) in [5, 5.41) is 2.92. The molecule has 1 aliphatic rings. The molecule has 0 spiro atoms. The molecular formula is C4H5BrN. The summed E-state index contributed by atoms with van der Waals surface area (Å²) in [6, 6.07) is 0. The van der Waals surface area contributed by atoms with E-state index in [0.29, 0.717) is 4.83 Å². The smallest absolute Gasteiger partial charge is 0.0631 e. The maximum Gasteiger partial charge on any atom is 0.0631 e. The third-order valence-electron chi connectivity index (χ3n) is 0.632. The topological polar surface area (TPSA) is 12.0 Å². The highest BCUT2D eigenvalue weighted by Gasteiger charge is 2.00. The zero-order valence-electron chi connectivity index (χ0n) is 3.19. The molecule has 1 nitrogen and oxygen atoms in total. The number of hydrogen-bond donors (Lipinski definition) is 1. The van der Waals surface area contributed by atoms with Crippen LogP contribution in [0.15, 0.2) is 12.3 Å². The van der Waals surface area contributed by atoms with Crippen LogP contribution in [0.4, 0.5) is 0 Å². The largest absolute Gasteiger partial charge is 0.385 e. The van der Waals surface area contributed by atoms with Crippen molar-refractivity contribution in [3.63, 3.8) is 0 Å². The van der Waals surface area contributed by atoms with Crippen molar-refractivity contribution in [3.8, 4) is 0 Å². The van der Waals surface area contributed by atoms with Crippen molar-refractivity contribution in [1.82, 2.24) is 5.32 Å². The van der Waals surface area contributed by atoms with E-state index in [1.54, 1.807) is 0 Å².